The Hall–Kier alpha value is -0.610. The van der Waals surface area contributed by atoms with Crippen molar-refractivity contribution in [2.24, 2.45) is 11.3 Å². The molecule has 3 fully saturated rings. The van der Waals surface area contributed by atoms with Crippen molar-refractivity contribution in [2.75, 3.05) is 26.2 Å². The minimum Gasteiger partial charge on any atom is -0.351 e. The molecule has 3 aliphatic heterocycles. The summed E-state index contributed by atoms with van der Waals surface area (Å²) in [6.45, 7) is 8.59. The van der Waals surface area contributed by atoms with Crippen LogP contribution in [-0.4, -0.2) is 49.1 Å². The van der Waals surface area contributed by atoms with E-state index in [9.17, 15) is 4.79 Å². The lowest BCUT2D eigenvalue weighted by molar-refractivity contribution is -0.133. The highest BCUT2D eigenvalue weighted by Gasteiger charge is 2.46. The maximum atomic E-state index is 12.8. The summed E-state index contributed by atoms with van der Waals surface area (Å²) < 4.78 is 0. The van der Waals surface area contributed by atoms with Gasteiger partial charge in [0.2, 0.25) is 5.91 Å². The first-order valence-corrected chi connectivity index (χ1v) is 7.89. The van der Waals surface area contributed by atoms with Crippen LogP contribution in [0, 0.1) is 11.3 Å². The molecule has 0 aliphatic carbocycles. The second-order valence-corrected chi connectivity index (χ2v) is 6.85. The molecular formula is C15H27N3O. The molecule has 3 heterocycles. The number of carbonyl (C=O) groups excluding carboxylic acids is 1. The maximum absolute atomic E-state index is 12.8. The van der Waals surface area contributed by atoms with Crippen LogP contribution in [0.2, 0.25) is 0 Å². The minimum absolute atomic E-state index is 0.175. The van der Waals surface area contributed by atoms with Crippen molar-refractivity contribution in [3.05, 3.63) is 0 Å². The molecule has 1 amide bonds. The fourth-order valence-corrected chi connectivity index (χ4v) is 4.22. The number of nitrogens with one attached hydrogen (secondary N) is 2. The molecule has 3 rings (SSSR count). The van der Waals surface area contributed by atoms with E-state index in [1.165, 1.54) is 25.9 Å². The molecule has 3 aliphatic rings. The third-order valence-electron chi connectivity index (χ3n) is 5.67. The van der Waals surface area contributed by atoms with E-state index in [4.69, 9.17) is 0 Å². The molecular weight excluding hydrogens is 238 g/mol. The molecule has 3 atom stereocenters. The Morgan fingerprint density at radius 2 is 2.21 bits per heavy atom. The van der Waals surface area contributed by atoms with E-state index in [1.807, 2.05) is 0 Å². The van der Waals surface area contributed by atoms with Gasteiger partial charge in [-0.25, -0.2) is 0 Å². The van der Waals surface area contributed by atoms with Crippen LogP contribution >= 0.6 is 0 Å². The standard InChI is InChI=1S/C15H27N3O/c1-11(2)15(6-7-16-10-15)14(19)17-12-5-9-18-8-3-4-13(12)18/h11-13,16H,3-10H2,1-2H3,(H,17,19). The van der Waals surface area contributed by atoms with Gasteiger partial charge in [-0.2, -0.15) is 0 Å². The number of hydrogen-bond acceptors (Lipinski definition) is 3. The number of rotatable bonds is 3. The van der Waals surface area contributed by atoms with Crippen molar-refractivity contribution < 1.29 is 4.79 Å². The Labute approximate surface area is 116 Å². The molecule has 0 aromatic carbocycles. The molecule has 4 heteroatoms. The van der Waals surface area contributed by atoms with E-state index in [-0.39, 0.29) is 5.41 Å². The minimum atomic E-state index is -0.175. The second-order valence-electron chi connectivity index (χ2n) is 6.85. The zero-order valence-electron chi connectivity index (χ0n) is 12.2. The van der Waals surface area contributed by atoms with Crippen LogP contribution in [0.25, 0.3) is 0 Å². The summed E-state index contributed by atoms with van der Waals surface area (Å²) in [4.78, 5) is 15.3. The molecule has 0 aromatic heterocycles. The zero-order valence-corrected chi connectivity index (χ0v) is 12.2. The predicted octanol–water partition coefficient (Wildman–Crippen LogP) is 0.975. The van der Waals surface area contributed by atoms with Gasteiger partial charge >= 0.3 is 0 Å². The number of hydrogen-bond donors (Lipinski definition) is 2. The Kier molecular flexibility index (Phi) is 3.56. The summed E-state index contributed by atoms with van der Waals surface area (Å²) in [7, 11) is 0. The Balaban J connectivity index is 1.67. The van der Waals surface area contributed by atoms with Crippen LogP contribution in [0.5, 0.6) is 0 Å². The summed E-state index contributed by atoms with van der Waals surface area (Å²) in [5.41, 5.74) is -0.175. The molecule has 3 unspecified atom stereocenters. The van der Waals surface area contributed by atoms with Crippen molar-refractivity contribution in [3.63, 3.8) is 0 Å². The molecule has 0 aromatic rings. The smallest absolute Gasteiger partial charge is 0.228 e. The zero-order chi connectivity index (χ0) is 13.5. The quantitative estimate of drug-likeness (QED) is 0.799. The predicted molar refractivity (Wildman–Crippen MR) is 75.9 cm³/mol. The van der Waals surface area contributed by atoms with Crippen molar-refractivity contribution in [2.45, 2.75) is 51.6 Å². The second kappa shape index (κ2) is 5.06. The van der Waals surface area contributed by atoms with Crippen LogP contribution < -0.4 is 10.6 Å². The summed E-state index contributed by atoms with van der Waals surface area (Å²) >= 11 is 0. The number of nitrogens with zero attached hydrogens (tertiary/aromatic N) is 1. The van der Waals surface area contributed by atoms with Crippen molar-refractivity contribution in [3.8, 4) is 0 Å². The van der Waals surface area contributed by atoms with Gasteiger partial charge < -0.3 is 10.6 Å². The monoisotopic (exact) mass is 265 g/mol. The molecule has 0 radical (unpaired) electrons. The van der Waals surface area contributed by atoms with E-state index >= 15 is 0 Å². The van der Waals surface area contributed by atoms with Gasteiger partial charge in [0.15, 0.2) is 0 Å². The van der Waals surface area contributed by atoms with E-state index in [0.29, 0.717) is 23.9 Å². The summed E-state index contributed by atoms with van der Waals surface area (Å²) in [5, 5.41) is 6.77. The molecule has 4 nitrogen and oxygen atoms in total. The summed E-state index contributed by atoms with van der Waals surface area (Å²) in [6.07, 6.45) is 4.68. The third-order valence-corrected chi connectivity index (χ3v) is 5.67. The van der Waals surface area contributed by atoms with Crippen LogP contribution in [0.15, 0.2) is 0 Å². The number of carbonyl (C=O) groups is 1. The van der Waals surface area contributed by atoms with Gasteiger partial charge in [0.1, 0.15) is 0 Å². The van der Waals surface area contributed by atoms with Crippen molar-refractivity contribution in [1.29, 1.82) is 0 Å². The normalized spacial score (nSPS) is 38.9. The molecule has 19 heavy (non-hydrogen) atoms. The molecule has 2 N–H and O–H groups in total. The maximum Gasteiger partial charge on any atom is 0.228 e. The topological polar surface area (TPSA) is 44.4 Å². The van der Waals surface area contributed by atoms with Crippen LogP contribution in [0.4, 0.5) is 0 Å². The van der Waals surface area contributed by atoms with E-state index in [1.54, 1.807) is 0 Å². The van der Waals surface area contributed by atoms with Crippen LogP contribution in [-0.2, 0) is 4.79 Å². The molecule has 0 bridgehead atoms. The summed E-state index contributed by atoms with van der Waals surface area (Å²) in [6, 6.07) is 1.01. The third kappa shape index (κ3) is 2.19. The van der Waals surface area contributed by atoms with Gasteiger partial charge in [0.25, 0.3) is 0 Å². The Morgan fingerprint density at radius 3 is 2.89 bits per heavy atom. The lowest BCUT2D eigenvalue weighted by Crippen LogP contribution is -2.51. The highest BCUT2D eigenvalue weighted by molar-refractivity contribution is 5.84. The first kappa shape index (κ1) is 13.4. The van der Waals surface area contributed by atoms with Gasteiger partial charge in [0, 0.05) is 25.2 Å². The molecule has 0 spiro atoms. The first-order valence-electron chi connectivity index (χ1n) is 7.89. The highest BCUT2D eigenvalue weighted by Crippen LogP contribution is 2.35. The fraction of sp³-hybridized carbons (Fsp3) is 0.933. The number of amides is 1. The summed E-state index contributed by atoms with van der Waals surface area (Å²) in [5.74, 6) is 0.704. The van der Waals surface area contributed by atoms with Gasteiger partial charge in [-0.3, -0.25) is 9.69 Å². The Morgan fingerprint density at radius 1 is 1.37 bits per heavy atom. The average molecular weight is 265 g/mol. The van der Waals surface area contributed by atoms with Crippen molar-refractivity contribution in [1.82, 2.24) is 15.5 Å². The van der Waals surface area contributed by atoms with Crippen LogP contribution in [0.1, 0.15) is 39.5 Å². The molecule has 108 valence electrons. The highest BCUT2D eigenvalue weighted by atomic mass is 16.2. The lowest BCUT2D eigenvalue weighted by atomic mass is 9.75. The molecule has 3 saturated heterocycles. The van der Waals surface area contributed by atoms with Crippen LogP contribution in [0.3, 0.4) is 0 Å². The van der Waals surface area contributed by atoms with E-state index < -0.39 is 0 Å². The fourth-order valence-electron chi connectivity index (χ4n) is 4.22. The molecule has 0 saturated carbocycles. The number of fused-ring (bicyclic) bond motifs is 1. The van der Waals surface area contributed by atoms with E-state index in [0.717, 1.165) is 25.9 Å². The first-order chi connectivity index (χ1) is 9.13. The van der Waals surface area contributed by atoms with Gasteiger partial charge in [-0.15, -0.1) is 0 Å². The SMILES string of the molecule is CC(C)C1(C(=O)NC2CCN3CCCC23)CCNC1. The lowest BCUT2D eigenvalue weighted by Gasteiger charge is -2.33. The van der Waals surface area contributed by atoms with Gasteiger partial charge in [-0.05, 0) is 44.7 Å². The Bertz CT molecular complexity index is 349. The largest absolute Gasteiger partial charge is 0.351 e. The van der Waals surface area contributed by atoms with Gasteiger partial charge in [0.05, 0.1) is 5.41 Å². The van der Waals surface area contributed by atoms with E-state index in [2.05, 4.69) is 29.4 Å². The average Bonchev–Trinajstić information content (AvgIpc) is 3.05. The van der Waals surface area contributed by atoms with Gasteiger partial charge in [-0.1, -0.05) is 13.8 Å². The van der Waals surface area contributed by atoms with Crippen molar-refractivity contribution >= 4 is 5.91 Å².